The third kappa shape index (κ3) is 2.42. The van der Waals surface area contributed by atoms with Crippen LogP contribution in [0.2, 0.25) is 0 Å². The molecule has 1 amide bonds. The molecule has 2 aliphatic heterocycles. The maximum Gasteiger partial charge on any atom is 0.220 e. The Morgan fingerprint density at radius 2 is 2.23 bits per heavy atom. The van der Waals surface area contributed by atoms with E-state index in [1.54, 1.807) is 0 Å². The lowest BCUT2D eigenvalue weighted by molar-refractivity contribution is -0.119. The van der Waals surface area contributed by atoms with E-state index < -0.39 is 0 Å². The summed E-state index contributed by atoms with van der Waals surface area (Å²) in [7, 11) is 0. The zero-order valence-corrected chi connectivity index (χ0v) is 7.79. The van der Waals surface area contributed by atoms with Crippen LogP contribution in [0.3, 0.4) is 0 Å². The maximum absolute atomic E-state index is 10.9. The monoisotopic (exact) mass is 184 g/mol. The van der Waals surface area contributed by atoms with Crippen molar-refractivity contribution in [3.8, 4) is 0 Å². The number of nitrogens with one attached hydrogen (secondary N) is 1. The van der Waals surface area contributed by atoms with Gasteiger partial charge in [-0.15, -0.1) is 0 Å². The minimum absolute atomic E-state index is 0.207. The van der Waals surface area contributed by atoms with Crippen molar-refractivity contribution >= 4 is 5.91 Å². The number of ether oxygens (including phenoxy) is 1. The molecule has 4 nitrogen and oxygen atoms in total. The lowest BCUT2D eigenvalue weighted by atomic mass is 10.1. The molecule has 2 fully saturated rings. The van der Waals surface area contributed by atoms with Crippen LogP contribution in [0.5, 0.6) is 0 Å². The first-order valence-corrected chi connectivity index (χ1v) is 4.91. The molecule has 1 atom stereocenters. The molecule has 74 valence electrons. The maximum atomic E-state index is 10.9. The van der Waals surface area contributed by atoms with Gasteiger partial charge in [0.05, 0.1) is 13.2 Å². The summed E-state index contributed by atoms with van der Waals surface area (Å²) < 4.78 is 5.26. The van der Waals surface area contributed by atoms with Crippen LogP contribution in [0.4, 0.5) is 0 Å². The number of carbonyl (C=O) groups excluding carboxylic acids is 1. The van der Waals surface area contributed by atoms with Crippen LogP contribution in [0.1, 0.15) is 6.42 Å². The van der Waals surface area contributed by atoms with Gasteiger partial charge >= 0.3 is 0 Å². The van der Waals surface area contributed by atoms with Crippen LogP contribution in [0.25, 0.3) is 0 Å². The number of hydrogen-bond donors (Lipinski definition) is 1. The second-order valence-electron chi connectivity index (χ2n) is 3.79. The molecule has 0 bridgehead atoms. The molecule has 1 unspecified atom stereocenters. The summed E-state index contributed by atoms with van der Waals surface area (Å²) in [6, 6.07) is 0. The SMILES string of the molecule is O=C1CC(CN2CCOCC2)CN1. The van der Waals surface area contributed by atoms with E-state index in [-0.39, 0.29) is 5.91 Å². The molecule has 0 spiro atoms. The number of carbonyl (C=O) groups is 1. The second-order valence-corrected chi connectivity index (χ2v) is 3.79. The highest BCUT2D eigenvalue weighted by Gasteiger charge is 2.24. The van der Waals surface area contributed by atoms with Crippen molar-refractivity contribution in [2.45, 2.75) is 6.42 Å². The van der Waals surface area contributed by atoms with Gasteiger partial charge in [0.1, 0.15) is 0 Å². The van der Waals surface area contributed by atoms with Gasteiger partial charge in [-0.05, 0) is 5.92 Å². The van der Waals surface area contributed by atoms with Crippen molar-refractivity contribution in [2.24, 2.45) is 5.92 Å². The Kier molecular flexibility index (Phi) is 2.80. The van der Waals surface area contributed by atoms with Crippen LogP contribution < -0.4 is 5.32 Å². The summed E-state index contributed by atoms with van der Waals surface area (Å²) >= 11 is 0. The molecule has 13 heavy (non-hydrogen) atoms. The Hall–Kier alpha value is -0.610. The highest BCUT2D eigenvalue weighted by atomic mass is 16.5. The fourth-order valence-corrected chi connectivity index (χ4v) is 1.94. The first-order valence-electron chi connectivity index (χ1n) is 4.91. The number of morpholine rings is 1. The van der Waals surface area contributed by atoms with Crippen LogP contribution in [0.15, 0.2) is 0 Å². The van der Waals surface area contributed by atoms with Gasteiger partial charge < -0.3 is 10.1 Å². The van der Waals surface area contributed by atoms with Crippen molar-refractivity contribution in [1.82, 2.24) is 10.2 Å². The van der Waals surface area contributed by atoms with Crippen LogP contribution in [-0.4, -0.2) is 50.2 Å². The fraction of sp³-hybridized carbons (Fsp3) is 0.889. The first-order chi connectivity index (χ1) is 6.34. The van der Waals surface area contributed by atoms with E-state index in [0.717, 1.165) is 39.4 Å². The summed E-state index contributed by atoms with van der Waals surface area (Å²) in [6.07, 6.45) is 0.706. The number of nitrogens with zero attached hydrogens (tertiary/aromatic N) is 1. The Morgan fingerprint density at radius 3 is 2.85 bits per heavy atom. The Morgan fingerprint density at radius 1 is 1.46 bits per heavy atom. The third-order valence-electron chi connectivity index (χ3n) is 2.68. The molecule has 0 aromatic heterocycles. The van der Waals surface area contributed by atoms with Gasteiger partial charge in [-0.3, -0.25) is 9.69 Å². The topological polar surface area (TPSA) is 41.6 Å². The molecule has 0 aromatic rings. The molecule has 2 aliphatic rings. The number of amides is 1. The van der Waals surface area contributed by atoms with Crippen LogP contribution in [0, 0.1) is 5.92 Å². The number of hydrogen-bond acceptors (Lipinski definition) is 3. The molecule has 0 aromatic carbocycles. The minimum atomic E-state index is 0.207. The zero-order valence-electron chi connectivity index (χ0n) is 7.79. The van der Waals surface area contributed by atoms with Gasteiger partial charge in [-0.1, -0.05) is 0 Å². The highest BCUT2D eigenvalue weighted by molar-refractivity contribution is 5.78. The molecule has 0 saturated carbocycles. The lowest BCUT2D eigenvalue weighted by Gasteiger charge is -2.28. The van der Waals surface area contributed by atoms with Crippen molar-refractivity contribution in [3.63, 3.8) is 0 Å². The molecule has 0 radical (unpaired) electrons. The standard InChI is InChI=1S/C9H16N2O2/c12-9-5-8(6-10-9)7-11-1-3-13-4-2-11/h8H,1-7H2,(H,10,12). The quantitative estimate of drug-likeness (QED) is 0.626. The molecule has 2 heterocycles. The van der Waals surface area contributed by atoms with Crippen LogP contribution >= 0.6 is 0 Å². The Bertz CT molecular complexity index is 190. The van der Waals surface area contributed by atoms with Crippen molar-refractivity contribution < 1.29 is 9.53 Å². The minimum Gasteiger partial charge on any atom is -0.379 e. The largest absolute Gasteiger partial charge is 0.379 e. The molecular weight excluding hydrogens is 168 g/mol. The molecule has 1 N–H and O–H groups in total. The van der Waals surface area contributed by atoms with Gasteiger partial charge in [0.2, 0.25) is 5.91 Å². The van der Waals surface area contributed by atoms with Gasteiger partial charge in [0, 0.05) is 32.6 Å². The zero-order chi connectivity index (χ0) is 9.10. The molecule has 0 aliphatic carbocycles. The Labute approximate surface area is 78.2 Å². The lowest BCUT2D eigenvalue weighted by Crippen LogP contribution is -2.39. The fourth-order valence-electron chi connectivity index (χ4n) is 1.94. The van der Waals surface area contributed by atoms with Gasteiger partial charge in [0.15, 0.2) is 0 Å². The summed E-state index contributed by atoms with van der Waals surface area (Å²) in [5.74, 6) is 0.726. The van der Waals surface area contributed by atoms with E-state index in [4.69, 9.17) is 4.74 Å². The van der Waals surface area contributed by atoms with Gasteiger partial charge in [-0.2, -0.15) is 0 Å². The summed E-state index contributed by atoms with van der Waals surface area (Å²) in [4.78, 5) is 13.3. The highest BCUT2D eigenvalue weighted by Crippen LogP contribution is 2.11. The third-order valence-corrected chi connectivity index (χ3v) is 2.68. The van der Waals surface area contributed by atoms with E-state index in [0.29, 0.717) is 12.3 Å². The van der Waals surface area contributed by atoms with Crippen molar-refractivity contribution in [2.75, 3.05) is 39.4 Å². The predicted octanol–water partition coefficient (Wildman–Crippen LogP) is -0.545. The summed E-state index contributed by atoms with van der Waals surface area (Å²) in [5.41, 5.74) is 0. The van der Waals surface area contributed by atoms with Crippen molar-refractivity contribution in [1.29, 1.82) is 0 Å². The molecule has 2 rings (SSSR count). The van der Waals surface area contributed by atoms with Gasteiger partial charge in [0.25, 0.3) is 0 Å². The van der Waals surface area contributed by atoms with Crippen molar-refractivity contribution in [3.05, 3.63) is 0 Å². The van der Waals surface area contributed by atoms with E-state index in [9.17, 15) is 4.79 Å². The summed E-state index contributed by atoms with van der Waals surface area (Å²) in [5, 5.41) is 2.86. The van der Waals surface area contributed by atoms with Gasteiger partial charge in [-0.25, -0.2) is 0 Å². The van der Waals surface area contributed by atoms with E-state index in [1.807, 2.05) is 0 Å². The predicted molar refractivity (Wildman–Crippen MR) is 48.4 cm³/mol. The average molecular weight is 184 g/mol. The Balaban J connectivity index is 1.73. The van der Waals surface area contributed by atoms with E-state index in [1.165, 1.54) is 0 Å². The number of rotatable bonds is 2. The van der Waals surface area contributed by atoms with E-state index in [2.05, 4.69) is 10.2 Å². The second kappa shape index (κ2) is 4.07. The molecule has 4 heteroatoms. The van der Waals surface area contributed by atoms with Crippen LogP contribution in [-0.2, 0) is 9.53 Å². The van der Waals surface area contributed by atoms with E-state index >= 15 is 0 Å². The molecule has 2 saturated heterocycles. The smallest absolute Gasteiger partial charge is 0.220 e. The average Bonchev–Trinajstić information content (AvgIpc) is 2.53. The first kappa shape index (κ1) is 8.97. The summed E-state index contributed by atoms with van der Waals surface area (Å²) in [6.45, 7) is 5.62. The normalized spacial score (nSPS) is 30.5. The molecular formula is C9H16N2O2.